The summed E-state index contributed by atoms with van der Waals surface area (Å²) in [5.74, 6) is -0.104. The maximum Gasteiger partial charge on any atom is 0.254 e. The van der Waals surface area contributed by atoms with Gasteiger partial charge in [-0.15, -0.1) is 0 Å². The van der Waals surface area contributed by atoms with E-state index >= 15 is 0 Å². The Labute approximate surface area is 131 Å². The predicted molar refractivity (Wildman–Crippen MR) is 85.5 cm³/mol. The summed E-state index contributed by atoms with van der Waals surface area (Å²) in [5, 5.41) is 8.77. The van der Waals surface area contributed by atoms with Crippen molar-refractivity contribution in [2.45, 2.75) is 6.54 Å². The third kappa shape index (κ3) is 3.83. The number of carbonyl (C=O) groups is 1. The van der Waals surface area contributed by atoms with Gasteiger partial charge in [-0.3, -0.25) is 4.79 Å². The molecule has 0 aliphatic rings. The van der Waals surface area contributed by atoms with Crippen LogP contribution >= 0.6 is 15.9 Å². The summed E-state index contributed by atoms with van der Waals surface area (Å²) in [5.41, 5.74) is 8.40. The fourth-order valence-electron chi connectivity index (χ4n) is 1.99. The van der Waals surface area contributed by atoms with Crippen molar-refractivity contribution in [1.29, 1.82) is 5.26 Å². The number of amides is 1. The normalized spacial score (nSPS) is 9.95. The molecule has 0 atom stereocenters. The zero-order valence-corrected chi connectivity index (χ0v) is 13.1. The minimum atomic E-state index is -0.104. The number of benzene rings is 2. The lowest BCUT2D eigenvalue weighted by Crippen LogP contribution is -2.26. The lowest BCUT2D eigenvalue weighted by molar-refractivity contribution is 0.0785. The number of nitriles is 1. The fourth-order valence-corrected chi connectivity index (χ4v) is 2.50. The Balaban J connectivity index is 2.13. The molecule has 0 aromatic heterocycles. The van der Waals surface area contributed by atoms with Crippen LogP contribution in [0.3, 0.4) is 0 Å². The Bertz CT molecular complexity index is 684. The molecule has 1 amide bonds. The third-order valence-electron chi connectivity index (χ3n) is 3.02. The number of halogens is 1. The van der Waals surface area contributed by atoms with Gasteiger partial charge in [-0.2, -0.15) is 5.26 Å². The Morgan fingerprint density at radius 1 is 1.29 bits per heavy atom. The molecule has 5 heteroatoms. The van der Waals surface area contributed by atoms with Gasteiger partial charge >= 0.3 is 0 Å². The van der Waals surface area contributed by atoms with Crippen molar-refractivity contribution in [1.82, 2.24) is 4.90 Å². The number of hydrogen-bond acceptors (Lipinski definition) is 3. The topological polar surface area (TPSA) is 70.1 Å². The summed E-state index contributed by atoms with van der Waals surface area (Å²) in [6.07, 6.45) is 0. The van der Waals surface area contributed by atoms with E-state index in [4.69, 9.17) is 11.0 Å². The van der Waals surface area contributed by atoms with E-state index in [9.17, 15) is 4.79 Å². The number of carbonyl (C=O) groups excluding carboxylic acids is 1. The van der Waals surface area contributed by atoms with E-state index in [1.807, 2.05) is 12.1 Å². The summed E-state index contributed by atoms with van der Waals surface area (Å²) in [6, 6.07) is 14.4. The monoisotopic (exact) mass is 343 g/mol. The van der Waals surface area contributed by atoms with Crippen molar-refractivity contribution in [2.75, 3.05) is 12.8 Å². The van der Waals surface area contributed by atoms with Crippen molar-refractivity contribution in [3.8, 4) is 6.07 Å². The quantitative estimate of drug-likeness (QED) is 0.870. The Kier molecular flexibility index (Phi) is 4.61. The Morgan fingerprint density at radius 3 is 2.52 bits per heavy atom. The van der Waals surface area contributed by atoms with Crippen LogP contribution < -0.4 is 5.73 Å². The molecule has 0 saturated carbocycles. The molecule has 2 N–H and O–H groups in total. The molecular formula is C16H14BrN3O. The first-order valence-electron chi connectivity index (χ1n) is 6.30. The van der Waals surface area contributed by atoms with Crippen molar-refractivity contribution in [2.24, 2.45) is 0 Å². The molecule has 0 radical (unpaired) electrons. The molecule has 0 fully saturated rings. The summed E-state index contributed by atoms with van der Waals surface area (Å²) in [6.45, 7) is 0.469. The molecule has 2 aromatic rings. The number of rotatable bonds is 3. The fraction of sp³-hybridized carbons (Fsp3) is 0.125. The van der Waals surface area contributed by atoms with E-state index < -0.39 is 0 Å². The van der Waals surface area contributed by atoms with Crippen LogP contribution in [0.15, 0.2) is 46.9 Å². The van der Waals surface area contributed by atoms with E-state index in [1.54, 1.807) is 42.3 Å². The highest BCUT2D eigenvalue weighted by Gasteiger charge is 2.13. The Morgan fingerprint density at radius 2 is 1.95 bits per heavy atom. The Hall–Kier alpha value is -2.32. The van der Waals surface area contributed by atoms with E-state index in [2.05, 4.69) is 22.0 Å². The van der Waals surface area contributed by atoms with E-state index in [-0.39, 0.29) is 5.91 Å². The molecule has 106 valence electrons. The van der Waals surface area contributed by atoms with Gasteiger partial charge in [0.2, 0.25) is 0 Å². The molecule has 0 heterocycles. The van der Waals surface area contributed by atoms with Gasteiger partial charge in [0, 0.05) is 29.3 Å². The maximum absolute atomic E-state index is 12.4. The number of nitrogen functional groups attached to an aromatic ring is 1. The average Bonchev–Trinajstić information content (AvgIpc) is 2.46. The second-order valence-corrected chi connectivity index (χ2v) is 5.66. The molecule has 21 heavy (non-hydrogen) atoms. The lowest BCUT2D eigenvalue weighted by Gasteiger charge is -2.18. The first-order valence-corrected chi connectivity index (χ1v) is 7.09. The van der Waals surface area contributed by atoms with Crippen molar-refractivity contribution < 1.29 is 4.79 Å². The van der Waals surface area contributed by atoms with Crippen LogP contribution in [0.2, 0.25) is 0 Å². The molecule has 0 spiro atoms. The molecule has 0 unspecified atom stereocenters. The van der Waals surface area contributed by atoms with Crippen molar-refractivity contribution in [3.63, 3.8) is 0 Å². The molecule has 2 rings (SSSR count). The largest absolute Gasteiger partial charge is 0.399 e. The van der Waals surface area contributed by atoms with Crippen molar-refractivity contribution in [3.05, 3.63) is 63.6 Å². The number of nitrogens with zero attached hydrogens (tertiary/aromatic N) is 2. The summed E-state index contributed by atoms with van der Waals surface area (Å²) in [4.78, 5) is 14.0. The number of anilines is 1. The first-order chi connectivity index (χ1) is 9.99. The van der Waals surface area contributed by atoms with E-state index in [0.29, 0.717) is 23.4 Å². The predicted octanol–water partition coefficient (Wildman–Crippen LogP) is 3.18. The first kappa shape index (κ1) is 15.1. The van der Waals surface area contributed by atoms with E-state index in [0.717, 1.165) is 10.0 Å². The number of hydrogen-bond donors (Lipinski definition) is 1. The van der Waals surface area contributed by atoms with Gasteiger partial charge < -0.3 is 10.6 Å². The SMILES string of the molecule is CN(Cc1ccc(C#N)cc1)C(=O)c1cc(N)cc(Br)c1. The average molecular weight is 344 g/mol. The summed E-state index contributed by atoms with van der Waals surface area (Å²) >= 11 is 3.33. The molecule has 2 aromatic carbocycles. The van der Waals surface area contributed by atoms with Gasteiger partial charge in [-0.1, -0.05) is 28.1 Å². The second kappa shape index (κ2) is 6.42. The van der Waals surface area contributed by atoms with Crippen LogP contribution in [0.1, 0.15) is 21.5 Å². The highest BCUT2D eigenvalue weighted by Crippen LogP contribution is 2.19. The molecule has 0 bridgehead atoms. The zero-order chi connectivity index (χ0) is 15.4. The minimum Gasteiger partial charge on any atom is -0.399 e. The van der Waals surface area contributed by atoms with Crippen LogP contribution in [0.25, 0.3) is 0 Å². The van der Waals surface area contributed by atoms with Gasteiger partial charge in [0.25, 0.3) is 5.91 Å². The van der Waals surface area contributed by atoms with Gasteiger partial charge in [0.05, 0.1) is 11.6 Å². The maximum atomic E-state index is 12.4. The smallest absolute Gasteiger partial charge is 0.254 e. The van der Waals surface area contributed by atoms with Crippen molar-refractivity contribution >= 4 is 27.5 Å². The van der Waals surface area contributed by atoms with Gasteiger partial charge in [0.1, 0.15) is 0 Å². The standard InChI is InChI=1S/C16H14BrN3O/c1-20(10-12-4-2-11(9-18)3-5-12)16(21)13-6-14(17)8-15(19)7-13/h2-8H,10,19H2,1H3. The van der Waals surface area contributed by atoms with Crippen LogP contribution in [0, 0.1) is 11.3 Å². The molecule has 0 aliphatic heterocycles. The van der Waals surface area contributed by atoms with Gasteiger partial charge in [0.15, 0.2) is 0 Å². The highest BCUT2D eigenvalue weighted by molar-refractivity contribution is 9.10. The second-order valence-electron chi connectivity index (χ2n) is 4.74. The van der Waals surface area contributed by atoms with E-state index in [1.165, 1.54) is 0 Å². The van der Waals surface area contributed by atoms with Crippen LogP contribution in [0.5, 0.6) is 0 Å². The zero-order valence-electron chi connectivity index (χ0n) is 11.5. The third-order valence-corrected chi connectivity index (χ3v) is 3.47. The minimum absolute atomic E-state index is 0.104. The molecule has 4 nitrogen and oxygen atoms in total. The summed E-state index contributed by atoms with van der Waals surface area (Å²) in [7, 11) is 1.73. The van der Waals surface area contributed by atoms with Crippen LogP contribution in [0.4, 0.5) is 5.69 Å². The number of nitrogens with two attached hydrogens (primary N) is 1. The van der Waals surface area contributed by atoms with Gasteiger partial charge in [-0.25, -0.2) is 0 Å². The van der Waals surface area contributed by atoms with Crippen LogP contribution in [-0.4, -0.2) is 17.9 Å². The molecule has 0 aliphatic carbocycles. The molecule has 0 saturated heterocycles. The lowest BCUT2D eigenvalue weighted by atomic mass is 10.1. The highest BCUT2D eigenvalue weighted by atomic mass is 79.9. The summed E-state index contributed by atoms with van der Waals surface area (Å²) < 4.78 is 0.776. The van der Waals surface area contributed by atoms with Crippen LogP contribution in [-0.2, 0) is 6.54 Å². The van der Waals surface area contributed by atoms with Gasteiger partial charge in [-0.05, 0) is 35.9 Å². The molecular weight excluding hydrogens is 330 g/mol.